The molecular weight excluding hydrogens is 454 g/mol. The number of imidazole rings is 1. The summed E-state index contributed by atoms with van der Waals surface area (Å²) in [5.74, 6) is -0.115. The van der Waals surface area contributed by atoms with Crippen molar-refractivity contribution >= 4 is 45.5 Å². The number of nitrogens with zero attached hydrogens (tertiary/aromatic N) is 2. The normalized spacial score (nSPS) is 10.8. The SMILES string of the molecule is COc1ccc(OC)c(-c2cn3c(CC(=O)Nc4ccc(Cl)c(C(=O)O)c4)csc3n2)c1. The van der Waals surface area contributed by atoms with Gasteiger partial charge in [0.2, 0.25) is 5.91 Å². The zero-order valence-electron chi connectivity index (χ0n) is 17.1. The molecule has 4 rings (SSSR count). The van der Waals surface area contributed by atoms with Gasteiger partial charge >= 0.3 is 5.97 Å². The van der Waals surface area contributed by atoms with Gasteiger partial charge in [0.1, 0.15) is 11.5 Å². The fraction of sp³-hybridized carbons (Fsp3) is 0.136. The molecule has 0 saturated carbocycles. The Bertz CT molecular complexity index is 1330. The van der Waals surface area contributed by atoms with E-state index in [1.165, 1.54) is 23.5 Å². The number of carbonyl (C=O) groups is 2. The van der Waals surface area contributed by atoms with Gasteiger partial charge in [-0.3, -0.25) is 9.20 Å². The van der Waals surface area contributed by atoms with Gasteiger partial charge in [0, 0.05) is 28.5 Å². The first-order chi connectivity index (χ1) is 15.4. The molecule has 0 bridgehead atoms. The van der Waals surface area contributed by atoms with Crippen LogP contribution in [-0.2, 0) is 11.2 Å². The lowest BCUT2D eigenvalue weighted by Gasteiger charge is -2.08. The number of hydrogen-bond acceptors (Lipinski definition) is 6. The van der Waals surface area contributed by atoms with Crippen LogP contribution in [0.3, 0.4) is 0 Å². The average molecular weight is 472 g/mol. The van der Waals surface area contributed by atoms with Crippen LogP contribution in [-0.4, -0.2) is 40.6 Å². The summed E-state index contributed by atoms with van der Waals surface area (Å²) in [6.45, 7) is 0. The second-order valence-corrected chi connectivity index (χ2v) is 8.04. The summed E-state index contributed by atoms with van der Waals surface area (Å²) in [4.78, 5) is 29.2. The molecule has 0 aliphatic heterocycles. The Morgan fingerprint density at radius 1 is 1.19 bits per heavy atom. The van der Waals surface area contributed by atoms with Crippen molar-refractivity contribution in [3.63, 3.8) is 0 Å². The van der Waals surface area contributed by atoms with Gasteiger partial charge in [-0.25, -0.2) is 9.78 Å². The maximum Gasteiger partial charge on any atom is 0.337 e. The summed E-state index contributed by atoms with van der Waals surface area (Å²) in [6, 6.07) is 9.79. The molecule has 4 aromatic rings. The number of halogens is 1. The molecule has 0 atom stereocenters. The van der Waals surface area contributed by atoms with Crippen LogP contribution in [0.15, 0.2) is 48.0 Å². The number of hydrogen-bond donors (Lipinski definition) is 2. The van der Waals surface area contributed by atoms with Gasteiger partial charge in [-0.15, -0.1) is 11.3 Å². The smallest absolute Gasteiger partial charge is 0.337 e. The zero-order chi connectivity index (χ0) is 22.8. The molecule has 0 unspecified atom stereocenters. The summed E-state index contributed by atoms with van der Waals surface area (Å²) in [5.41, 5.74) is 2.50. The van der Waals surface area contributed by atoms with Crippen molar-refractivity contribution in [3.05, 3.63) is 64.3 Å². The van der Waals surface area contributed by atoms with Crippen molar-refractivity contribution in [1.82, 2.24) is 9.38 Å². The Labute approximate surface area is 192 Å². The predicted octanol–water partition coefficient (Wildman–Crippen LogP) is 4.61. The van der Waals surface area contributed by atoms with Gasteiger partial charge in [0.15, 0.2) is 4.96 Å². The number of aromatic carboxylic acids is 1. The molecule has 0 aliphatic carbocycles. The number of thiazole rings is 1. The number of carbonyl (C=O) groups excluding carboxylic acids is 1. The highest BCUT2D eigenvalue weighted by molar-refractivity contribution is 7.15. The fourth-order valence-electron chi connectivity index (χ4n) is 3.24. The number of benzene rings is 2. The number of carboxylic acid groups (broad SMARTS) is 1. The van der Waals surface area contributed by atoms with E-state index in [0.29, 0.717) is 22.9 Å². The van der Waals surface area contributed by atoms with E-state index in [2.05, 4.69) is 10.3 Å². The molecule has 8 nitrogen and oxygen atoms in total. The maximum absolute atomic E-state index is 12.6. The molecule has 0 spiro atoms. The van der Waals surface area contributed by atoms with E-state index < -0.39 is 5.97 Å². The van der Waals surface area contributed by atoms with E-state index in [-0.39, 0.29) is 22.9 Å². The van der Waals surface area contributed by atoms with Gasteiger partial charge in [-0.1, -0.05) is 11.6 Å². The number of fused-ring (bicyclic) bond motifs is 1. The second kappa shape index (κ2) is 8.89. The quantitative estimate of drug-likeness (QED) is 0.408. The highest BCUT2D eigenvalue weighted by Gasteiger charge is 2.16. The van der Waals surface area contributed by atoms with Crippen LogP contribution in [0, 0.1) is 0 Å². The summed E-state index contributed by atoms with van der Waals surface area (Å²) < 4.78 is 12.6. The maximum atomic E-state index is 12.6. The molecule has 10 heteroatoms. The minimum atomic E-state index is -1.16. The number of anilines is 1. The molecule has 164 valence electrons. The number of ether oxygens (including phenoxy) is 2. The van der Waals surface area contributed by atoms with Crippen molar-refractivity contribution in [2.24, 2.45) is 0 Å². The second-order valence-electron chi connectivity index (χ2n) is 6.80. The first kappa shape index (κ1) is 21.7. The van der Waals surface area contributed by atoms with Gasteiger partial charge in [0.05, 0.1) is 36.9 Å². The molecule has 32 heavy (non-hydrogen) atoms. The third kappa shape index (κ3) is 4.25. The molecule has 0 saturated heterocycles. The number of carboxylic acids is 1. The van der Waals surface area contributed by atoms with Gasteiger partial charge in [-0.2, -0.15) is 0 Å². The third-order valence-corrected chi connectivity index (χ3v) is 6.01. The minimum absolute atomic E-state index is 0.0751. The molecule has 2 aromatic carbocycles. The van der Waals surface area contributed by atoms with Crippen LogP contribution in [0.1, 0.15) is 16.1 Å². The standard InChI is InChI=1S/C22H18ClN3O5S/c1-30-14-4-6-19(31-2)16(9-14)18-10-26-13(11-32-22(26)25-18)8-20(27)24-12-3-5-17(23)15(7-12)21(28)29/h3-7,9-11H,8H2,1-2H3,(H,24,27)(H,28,29). The van der Waals surface area contributed by atoms with Crippen molar-refractivity contribution in [2.75, 3.05) is 19.5 Å². The molecule has 2 N–H and O–H groups in total. The molecule has 2 aromatic heterocycles. The van der Waals surface area contributed by atoms with Crippen LogP contribution in [0.4, 0.5) is 5.69 Å². The van der Waals surface area contributed by atoms with Crippen LogP contribution < -0.4 is 14.8 Å². The van der Waals surface area contributed by atoms with E-state index in [4.69, 9.17) is 21.1 Å². The first-order valence-corrected chi connectivity index (χ1v) is 10.7. The number of aromatic nitrogens is 2. The zero-order valence-corrected chi connectivity index (χ0v) is 18.7. The Morgan fingerprint density at radius 2 is 2.00 bits per heavy atom. The lowest BCUT2D eigenvalue weighted by molar-refractivity contribution is -0.115. The summed E-state index contributed by atoms with van der Waals surface area (Å²) in [7, 11) is 3.18. The Hall–Kier alpha value is -3.56. The fourth-order valence-corrected chi connectivity index (χ4v) is 4.31. The van der Waals surface area contributed by atoms with E-state index in [1.807, 2.05) is 34.2 Å². The molecule has 2 heterocycles. The number of amides is 1. The van der Waals surface area contributed by atoms with E-state index in [9.17, 15) is 14.7 Å². The molecular formula is C22H18ClN3O5S. The van der Waals surface area contributed by atoms with Crippen molar-refractivity contribution in [2.45, 2.75) is 6.42 Å². The summed E-state index contributed by atoms with van der Waals surface area (Å²) in [5, 5.41) is 13.9. The average Bonchev–Trinajstić information content (AvgIpc) is 3.36. The summed E-state index contributed by atoms with van der Waals surface area (Å²) in [6.07, 6.45) is 1.92. The van der Waals surface area contributed by atoms with Crippen LogP contribution in [0.5, 0.6) is 11.5 Å². The van der Waals surface area contributed by atoms with Crippen molar-refractivity contribution in [1.29, 1.82) is 0 Å². The highest BCUT2D eigenvalue weighted by Crippen LogP contribution is 2.34. The Balaban J connectivity index is 1.58. The molecule has 1 amide bonds. The topological polar surface area (TPSA) is 102 Å². The largest absolute Gasteiger partial charge is 0.497 e. The van der Waals surface area contributed by atoms with E-state index in [1.54, 1.807) is 20.3 Å². The number of methoxy groups -OCH3 is 2. The van der Waals surface area contributed by atoms with Crippen LogP contribution >= 0.6 is 22.9 Å². The number of nitrogens with one attached hydrogen (secondary N) is 1. The van der Waals surface area contributed by atoms with E-state index in [0.717, 1.165) is 16.2 Å². The van der Waals surface area contributed by atoms with Crippen LogP contribution in [0.2, 0.25) is 5.02 Å². The van der Waals surface area contributed by atoms with Crippen molar-refractivity contribution < 1.29 is 24.2 Å². The monoisotopic (exact) mass is 471 g/mol. The molecule has 0 fully saturated rings. The lowest BCUT2D eigenvalue weighted by Crippen LogP contribution is -2.15. The van der Waals surface area contributed by atoms with Crippen molar-refractivity contribution in [3.8, 4) is 22.8 Å². The van der Waals surface area contributed by atoms with Crippen LogP contribution in [0.25, 0.3) is 16.2 Å². The molecule has 0 radical (unpaired) electrons. The van der Waals surface area contributed by atoms with Gasteiger partial charge in [0.25, 0.3) is 0 Å². The minimum Gasteiger partial charge on any atom is -0.497 e. The van der Waals surface area contributed by atoms with Gasteiger partial charge in [-0.05, 0) is 36.4 Å². The van der Waals surface area contributed by atoms with E-state index >= 15 is 0 Å². The Morgan fingerprint density at radius 3 is 2.72 bits per heavy atom. The Kier molecular flexibility index (Phi) is 6.02. The molecule has 0 aliphatic rings. The predicted molar refractivity (Wildman–Crippen MR) is 122 cm³/mol. The van der Waals surface area contributed by atoms with Gasteiger partial charge < -0.3 is 19.9 Å². The highest BCUT2D eigenvalue weighted by atomic mass is 35.5. The third-order valence-electron chi connectivity index (χ3n) is 4.79. The first-order valence-electron chi connectivity index (χ1n) is 9.40. The lowest BCUT2D eigenvalue weighted by atomic mass is 10.1. The number of rotatable bonds is 7. The summed E-state index contributed by atoms with van der Waals surface area (Å²) >= 11 is 7.30.